The number of rotatable bonds is 2. The average molecular weight is 148 g/mol. The molecule has 1 aliphatic carbocycles. The van der Waals surface area contributed by atoms with E-state index < -0.39 is 0 Å². The number of hydrogen-bond donors (Lipinski definition) is 0. The van der Waals surface area contributed by atoms with Crippen molar-refractivity contribution in [1.82, 2.24) is 0 Å². The molecule has 0 N–H and O–H groups in total. The molecule has 0 bridgehead atoms. The molecule has 0 amide bonds. The summed E-state index contributed by atoms with van der Waals surface area (Å²) in [6.45, 7) is 0. The monoisotopic (exact) mass is 148 g/mol. The van der Waals surface area contributed by atoms with Crippen molar-refractivity contribution in [3.63, 3.8) is 0 Å². The van der Waals surface area contributed by atoms with Gasteiger partial charge >= 0.3 is 0 Å². The summed E-state index contributed by atoms with van der Waals surface area (Å²) in [5, 5.41) is 0. The first-order valence-corrected chi connectivity index (χ1v) is 5.38. The molecule has 1 fully saturated rings. The van der Waals surface area contributed by atoms with Crippen molar-refractivity contribution in [3.8, 4) is 0 Å². The quantitative estimate of drug-likeness (QED) is 0.552. The minimum atomic E-state index is 0.639. The summed E-state index contributed by atoms with van der Waals surface area (Å²) in [6.07, 6.45) is 8.73. The van der Waals surface area contributed by atoms with Gasteiger partial charge in [0.2, 0.25) is 0 Å². The molecule has 0 aromatic rings. The Kier molecular flexibility index (Phi) is 2.15. The Hall–Kier alpha value is 0.700. The molecule has 1 aliphatic rings. The van der Waals surface area contributed by atoms with Crippen LogP contribution in [0.1, 0.15) is 19.3 Å². The fourth-order valence-electron chi connectivity index (χ4n) is 0.957. The van der Waals surface area contributed by atoms with E-state index in [-0.39, 0.29) is 0 Å². The predicted molar refractivity (Wildman–Crippen MR) is 43.6 cm³/mol. The molecular formula is C6H12S2. The second-order valence-corrected chi connectivity index (χ2v) is 4.81. The van der Waals surface area contributed by atoms with Crippen molar-refractivity contribution >= 4 is 23.5 Å². The van der Waals surface area contributed by atoms with Gasteiger partial charge in [0.1, 0.15) is 0 Å². The van der Waals surface area contributed by atoms with E-state index >= 15 is 0 Å². The van der Waals surface area contributed by atoms with Crippen LogP contribution in [0, 0.1) is 0 Å². The average Bonchev–Trinajstić information content (AvgIpc) is 1.67. The molecule has 0 aromatic heterocycles. The number of thioether (sulfide) groups is 2. The van der Waals surface area contributed by atoms with Gasteiger partial charge in [-0.05, 0) is 31.8 Å². The van der Waals surface area contributed by atoms with Crippen LogP contribution in [0.15, 0.2) is 0 Å². The molecule has 8 heavy (non-hydrogen) atoms. The van der Waals surface area contributed by atoms with Gasteiger partial charge < -0.3 is 0 Å². The maximum atomic E-state index is 2.22. The molecular weight excluding hydrogens is 136 g/mol. The highest BCUT2D eigenvalue weighted by Gasteiger charge is 2.34. The van der Waals surface area contributed by atoms with Crippen LogP contribution in [-0.4, -0.2) is 16.6 Å². The summed E-state index contributed by atoms with van der Waals surface area (Å²) in [5.74, 6) is 0. The Labute approximate surface area is 59.8 Å². The molecule has 0 radical (unpaired) electrons. The molecule has 0 saturated heterocycles. The van der Waals surface area contributed by atoms with E-state index in [0.717, 1.165) is 0 Å². The highest BCUT2D eigenvalue weighted by Crippen LogP contribution is 2.49. The lowest BCUT2D eigenvalue weighted by Crippen LogP contribution is -2.28. The topological polar surface area (TPSA) is 0 Å². The van der Waals surface area contributed by atoms with E-state index in [2.05, 4.69) is 12.5 Å². The minimum Gasteiger partial charge on any atom is -0.148 e. The van der Waals surface area contributed by atoms with E-state index in [1.165, 1.54) is 19.3 Å². The van der Waals surface area contributed by atoms with Crippen LogP contribution in [0.3, 0.4) is 0 Å². The van der Waals surface area contributed by atoms with Crippen molar-refractivity contribution < 1.29 is 0 Å². The zero-order valence-electron chi connectivity index (χ0n) is 5.44. The highest BCUT2D eigenvalue weighted by molar-refractivity contribution is 8.17. The third-order valence-corrected chi connectivity index (χ3v) is 5.16. The zero-order valence-corrected chi connectivity index (χ0v) is 7.07. The van der Waals surface area contributed by atoms with Gasteiger partial charge in [0.25, 0.3) is 0 Å². The zero-order chi connectivity index (χ0) is 6.04. The molecule has 0 aromatic carbocycles. The van der Waals surface area contributed by atoms with Crippen LogP contribution in [-0.2, 0) is 0 Å². The Bertz CT molecular complexity index is 63.1. The third-order valence-electron chi connectivity index (χ3n) is 1.86. The Morgan fingerprint density at radius 2 is 1.62 bits per heavy atom. The summed E-state index contributed by atoms with van der Waals surface area (Å²) in [7, 11) is 0. The van der Waals surface area contributed by atoms with Crippen LogP contribution in [0.5, 0.6) is 0 Å². The van der Waals surface area contributed by atoms with E-state index in [9.17, 15) is 0 Å². The van der Waals surface area contributed by atoms with Crippen molar-refractivity contribution in [3.05, 3.63) is 0 Å². The van der Waals surface area contributed by atoms with E-state index in [0.29, 0.717) is 4.08 Å². The molecule has 0 nitrogen and oxygen atoms in total. The Morgan fingerprint density at radius 1 is 1.12 bits per heavy atom. The van der Waals surface area contributed by atoms with Gasteiger partial charge in [0, 0.05) is 0 Å². The largest absolute Gasteiger partial charge is 0.148 e. The van der Waals surface area contributed by atoms with Crippen LogP contribution < -0.4 is 0 Å². The molecule has 48 valence electrons. The first-order chi connectivity index (χ1) is 3.83. The van der Waals surface area contributed by atoms with Gasteiger partial charge in [0.15, 0.2) is 0 Å². The molecule has 1 rings (SSSR count). The lowest BCUT2D eigenvalue weighted by atomic mass is 9.99. The van der Waals surface area contributed by atoms with Gasteiger partial charge in [-0.1, -0.05) is 0 Å². The SMILES string of the molecule is CSC1(SC)CCC1. The van der Waals surface area contributed by atoms with E-state index in [1.807, 2.05) is 23.5 Å². The Balaban J connectivity index is 2.33. The summed E-state index contributed by atoms with van der Waals surface area (Å²) >= 11 is 4.04. The van der Waals surface area contributed by atoms with E-state index in [1.54, 1.807) is 0 Å². The maximum absolute atomic E-state index is 2.22. The van der Waals surface area contributed by atoms with Gasteiger partial charge in [-0.25, -0.2) is 0 Å². The highest BCUT2D eigenvalue weighted by atomic mass is 32.2. The van der Waals surface area contributed by atoms with Crippen LogP contribution >= 0.6 is 23.5 Å². The van der Waals surface area contributed by atoms with Gasteiger partial charge in [0.05, 0.1) is 4.08 Å². The van der Waals surface area contributed by atoms with Gasteiger partial charge in [-0.2, -0.15) is 0 Å². The number of hydrogen-bond acceptors (Lipinski definition) is 2. The molecule has 0 heterocycles. The fraction of sp³-hybridized carbons (Fsp3) is 1.00. The van der Waals surface area contributed by atoms with Crippen LogP contribution in [0.2, 0.25) is 0 Å². The molecule has 0 atom stereocenters. The van der Waals surface area contributed by atoms with Crippen molar-refractivity contribution in [2.75, 3.05) is 12.5 Å². The minimum absolute atomic E-state index is 0.639. The van der Waals surface area contributed by atoms with Gasteiger partial charge in [-0.3, -0.25) is 0 Å². The molecule has 2 heteroatoms. The molecule has 0 aliphatic heterocycles. The first-order valence-electron chi connectivity index (χ1n) is 2.93. The van der Waals surface area contributed by atoms with Crippen LogP contribution in [0.4, 0.5) is 0 Å². The van der Waals surface area contributed by atoms with Crippen molar-refractivity contribution in [1.29, 1.82) is 0 Å². The molecule has 0 unspecified atom stereocenters. The van der Waals surface area contributed by atoms with Crippen molar-refractivity contribution in [2.24, 2.45) is 0 Å². The second-order valence-electron chi connectivity index (χ2n) is 2.17. The lowest BCUT2D eigenvalue weighted by Gasteiger charge is -2.38. The second kappa shape index (κ2) is 2.53. The lowest BCUT2D eigenvalue weighted by molar-refractivity contribution is 0.486. The first kappa shape index (κ1) is 6.81. The standard InChI is InChI=1S/C6H12S2/c1-7-6(8-2)4-3-5-6/h3-5H2,1-2H3. The van der Waals surface area contributed by atoms with E-state index in [4.69, 9.17) is 0 Å². The third kappa shape index (κ3) is 1.01. The molecule has 0 spiro atoms. The summed E-state index contributed by atoms with van der Waals surface area (Å²) < 4.78 is 0.639. The summed E-state index contributed by atoms with van der Waals surface area (Å²) in [5.41, 5.74) is 0. The predicted octanol–water partition coefficient (Wildman–Crippen LogP) is 2.59. The van der Waals surface area contributed by atoms with Crippen LogP contribution in [0.25, 0.3) is 0 Å². The Morgan fingerprint density at radius 3 is 1.62 bits per heavy atom. The summed E-state index contributed by atoms with van der Waals surface area (Å²) in [4.78, 5) is 0. The summed E-state index contributed by atoms with van der Waals surface area (Å²) in [6, 6.07) is 0. The van der Waals surface area contributed by atoms with Gasteiger partial charge in [-0.15, -0.1) is 23.5 Å². The fourth-order valence-corrected chi connectivity index (χ4v) is 3.02. The normalized spacial score (nSPS) is 24.8. The maximum Gasteiger partial charge on any atom is 0.0605 e. The van der Waals surface area contributed by atoms with Crippen molar-refractivity contribution in [2.45, 2.75) is 23.3 Å². The smallest absolute Gasteiger partial charge is 0.0605 e. The molecule has 1 saturated carbocycles.